The molecule has 0 bridgehead atoms. The van der Waals surface area contributed by atoms with Gasteiger partial charge in [-0.1, -0.05) is 6.42 Å². The average molecular weight is 263 g/mol. The molecule has 1 N–H and O–H groups in total. The van der Waals surface area contributed by atoms with Gasteiger partial charge >= 0.3 is 5.97 Å². The molecule has 1 aromatic rings. The van der Waals surface area contributed by atoms with Crippen LogP contribution >= 0.6 is 0 Å². The number of carboxylic acid groups (broad SMARTS) is 1. The summed E-state index contributed by atoms with van der Waals surface area (Å²) in [7, 11) is 0. The van der Waals surface area contributed by atoms with Gasteiger partial charge < -0.3 is 9.52 Å². The summed E-state index contributed by atoms with van der Waals surface area (Å²) < 4.78 is 5.49. The highest BCUT2D eigenvalue weighted by Crippen LogP contribution is 2.37. The van der Waals surface area contributed by atoms with Gasteiger partial charge in [-0.2, -0.15) is 0 Å². The molecule has 2 unspecified atom stereocenters. The zero-order valence-electron chi connectivity index (χ0n) is 11.4. The number of aryl methyl sites for hydroxylation is 1. The van der Waals surface area contributed by atoms with Crippen molar-refractivity contribution in [3.05, 3.63) is 23.2 Å². The quantitative estimate of drug-likeness (QED) is 0.910. The van der Waals surface area contributed by atoms with Gasteiger partial charge in [-0.15, -0.1) is 0 Å². The molecular formula is C15H21NO3. The van der Waals surface area contributed by atoms with Crippen molar-refractivity contribution in [2.75, 3.05) is 6.54 Å². The largest absolute Gasteiger partial charge is 0.475 e. The van der Waals surface area contributed by atoms with Gasteiger partial charge in [0.1, 0.15) is 5.76 Å². The van der Waals surface area contributed by atoms with Gasteiger partial charge in [-0.25, -0.2) is 4.79 Å². The number of piperidine rings is 1. The first-order valence-electron chi connectivity index (χ1n) is 7.22. The Morgan fingerprint density at radius 2 is 2.21 bits per heavy atom. The first kappa shape index (κ1) is 12.7. The van der Waals surface area contributed by atoms with Crippen molar-refractivity contribution in [1.82, 2.24) is 4.90 Å². The molecule has 1 aliphatic carbocycles. The van der Waals surface area contributed by atoms with Crippen LogP contribution < -0.4 is 0 Å². The molecule has 104 valence electrons. The minimum atomic E-state index is -0.971. The van der Waals surface area contributed by atoms with E-state index in [1.807, 2.05) is 6.07 Å². The summed E-state index contributed by atoms with van der Waals surface area (Å²) in [4.78, 5) is 13.5. The Morgan fingerprint density at radius 1 is 1.42 bits per heavy atom. The van der Waals surface area contributed by atoms with E-state index in [1.54, 1.807) is 6.92 Å². The smallest absolute Gasteiger partial charge is 0.372 e. The highest BCUT2D eigenvalue weighted by Gasteiger charge is 2.35. The number of fused-ring (bicyclic) bond motifs is 1. The van der Waals surface area contributed by atoms with Crippen molar-refractivity contribution in [3.63, 3.8) is 0 Å². The Balaban J connectivity index is 1.73. The first-order valence-corrected chi connectivity index (χ1v) is 7.22. The lowest BCUT2D eigenvalue weighted by Gasteiger charge is -2.37. The van der Waals surface area contributed by atoms with Crippen molar-refractivity contribution >= 4 is 5.97 Å². The number of hydrogen-bond acceptors (Lipinski definition) is 3. The normalized spacial score (nSPS) is 27.4. The van der Waals surface area contributed by atoms with Crippen LogP contribution in [0.4, 0.5) is 0 Å². The summed E-state index contributed by atoms with van der Waals surface area (Å²) in [5, 5.41) is 9.03. The van der Waals surface area contributed by atoms with Gasteiger partial charge in [0.05, 0.1) is 6.54 Å². The fraction of sp³-hybridized carbons (Fsp3) is 0.667. The molecule has 0 amide bonds. The number of aromatic carboxylic acids is 1. The second-order valence-electron chi connectivity index (χ2n) is 5.90. The molecule has 2 atom stereocenters. The second kappa shape index (κ2) is 5.00. The maximum absolute atomic E-state index is 11.0. The molecule has 2 aliphatic rings. The Labute approximate surface area is 113 Å². The molecule has 3 rings (SSSR count). The van der Waals surface area contributed by atoms with Crippen LogP contribution in [0.5, 0.6) is 0 Å². The second-order valence-corrected chi connectivity index (χ2v) is 5.90. The lowest BCUT2D eigenvalue weighted by Crippen LogP contribution is -2.41. The highest BCUT2D eigenvalue weighted by molar-refractivity contribution is 5.86. The molecule has 4 nitrogen and oxygen atoms in total. The van der Waals surface area contributed by atoms with Gasteiger partial charge in [0.2, 0.25) is 5.76 Å². The van der Waals surface area contributed by atoms with Crippen LogP contribution in [-0.4, -0.2) is 28.6 Å². The summed E-state index contributed by atoms with van der Waals surface area (Å²) in [6.07, 6.45) is 6.60. The van der Waals surface area contributed by atoms with E-state index in [1.165, 1.54) is 32.1 Å². The minimum Gasteiger partial charge on any atom is -0.475 e. The van der Waals surface area contributed by atoms with Crippen LogP contribution in [0.1, 0.15) is 54.0 Å². The number of carbonyl (C=O) groups is 1. The Bertz CT molecular complexity index is 480. The van der Waals surface area contributed by atoms with E-state index >= 15 is 0 Å². The fourth-order valence-electron chi connectivity index (χ4n) is 3.79. The molecular weight excluding hydrogens is 242 g/mol. The monoisotopic (exact) mass is 263 g/mol. The Hall–Kier alpha value is -1.29. The standard InChI is InChI=1S/C15H21NO3/c1-10-8-12(19-14(10)15(17)18)9-16-7-3-5-11-4-2-6-13(11)16/h8,11,13H,2-7,9H2,1H3,(H,17,18). The van der Waals surface area contributed by atoms with Crippen LogP contribution in [0.25, 0.3) is 0 Å². The number of furan rings is 1. The third-order valence-corrected chi connectivity index (χ3v) is 4.63. The molecule has 1 saturated heterocycles. The van der Waals surface area contributed by atoms with Crippen LogP contribution in [0, 0.1) is 12.8 Å². The molecule has 0 spiro atoms. The average Bonchev–Trinajstić information content (AvgIpc) is 2.96. The summed E-state index contributed by atoms with van der Waals surface area (Å²) >= 11 is 0. The van der Waals surface area contributed by atoms with Crippen LogP contribution in [-0.2, 0) is 6.54 Å². The van der Waals surface area contributed by atoms with E-state index < -0.39 is 5.97 Å². The zero-order valence-corrected chi connectivity index (χ0v) is 11.4. The molecule has 2 fully saturated rings. The number of nitrogens with zero attached hydrogens (tertiary/aromatic N) is 1. The van der Waals surface area contributed by atoms with Crippen LogP contribution in [0.3, 0.4) is 0 Å². The molecule has 19 heavy (non-hydrogen) atoms. The van der Waals surface area contributed by atoms with Crippen molar-refractivity contribution < 1.29 is 14.3 Å². The molecule has 1 aliphatic heterocycles. The maximum atomic E-state index is 11.0. The summed E-state index contributed by atoms with van der Waals surface area (Å²) in [6, 6.07) is 2.56. The first-order chi connectivity index (χ1) is 9.15. The van der Waals surface area contributed by atoms with E-state index in [2.05, 4.69) is 4.90 Å². The van der Waals surface area contributed by atoms with E-state index in [9.17, 15) is 4.79 Å². The van der Waals surface area contributed by atoms with E-state index in [0.29, 0.717) is 6.04 Å². The molecule has 1 aromatic heterocycles. The van der Waals surface area contributed by atoms with Gasteiger partial charge in [0.25, 0.3) is 0 Å². The van der Waals surface area contributed by atoms with E-state index in [0.717, 1.165) is 30.3 Å². The fourth-order valence-corrected chi connectivity index (χ4v) is 3.79. The summed E-state index contributed by atoms with van der Waals surface area (Å²) in [6.45, 7) is 3.67. The topological polar surface area (TPSA) is 53.7 Å². The third kappa shape index (κ3) is 2.41. The van der Waals surface area contributed by atoms with Crippen molar-refractivity contribution in [2.24, 2.45) is 5.92 Å². The lowest BCUT2D eigenvalue weighted by molar-refractivity contribution is 0.0649. The number of carboxylic acids is 1. The third-order valence-electron chi connectivity index (χ3n) is 4.63. The minimum absolute atomic E-state index is 0.0926. The molecule has 2 heterocycles. The number of rotatable bonds is 3. The predicted molar refractivity (Wildman–Crippen MR) is 71.2 cm³/mol. The number of likely N-dealkylation sites (tertiary alicyclic amines) is 1. The molecule has 0 radical (unpaired) electrons. The van der Waals surface area contributed by atoms with Crippen molar-refractivity contribution in [1.29, 1.82) is 0 Å². The Morgan fingerprint density at radius 3 is 2.95 bits per heavy atom. The SMILES string of the molecule is Cc1cc(CN2CCCC3CCCC32)oc1C(=O)O. The van der Waals surface area contributed by atoms with Gasteiger partial charge in [0, 0.05) is 11.6 Å². The van der Waals surface area contributed by atoms with Gasteiger partial charge in [-0.05, 0) is 51.1 Å². The summed E-state index contributed by atoms with van der Waals surface area (Å²) in [5.74, 6) is 0.766. The lowest BCUT2D eigenvalue weighted by atomic mass is 9.92. The van der Waals surface area contributed by atoms with Crippen molar-refractivity contribution in [2.45, 2.75) is 51.6 Å². The number of hydrogen-bond donors (Lipinski definition) is 1. The van der Waals surface area contributed by atoms with Gasteiger partial charge in [-0.3, -0.25) is 4.90 Å². The molecule has 4 heteroatoms. The molecule has 0 aromatic carbocycles. The van der Waals surface area contributed by atoms with E-state index in [-0.39, 0.29) is 5.76 Å². The van der Waals surface area contributed by atoms with Crippen LogP contribution in [0.15, 0.2) is 10.5 Å². The van der Waals surface area contributed by atoms with Crippen molar-refractivity contribution in [3.8, 4) is 0 Å². The Kier molecular flexibility index (Phi) is 3.35. The predicted octanol–water partition coefficient (Wildman–Crippen LogP) is 3.05. The van der Waals surface area contributed by atoms with E-state index in [4.69, 9.17) is 9.52 Å². The maximum Gasteiger partial charge on any atom is 0.372 e. The molecule has 1 saturated carbocycles. The van der Waals surface area contributed by atoms with Crippen LogP contribution in [0.2, 0.25) is 0 Å². The zero-order chi connectivity index (χ0) is 13.4. The highest BCUT2D eigenvalue weighted by atomic mass is 16.4. The summed E-state index contributed by atoms with van der Waals surface area (Å²) in [5.41, 5.74) is 0.725. The van der Waals surface area contributed by atoms with Gasteiger partial charge in [0.15, 0.2) is 0 Å².